The highest BCUT2D eigenvalue weighted by Gasteiger charge is 2.34. The highest BCUT2D eigenvalue weighted by Crippen LogP contribution is 2.24. The maximum absolute atomic E-state index is 12.5. The fraction of sp³-hybridized carbons (Fsp3) is 0.333. The van der Waals surface area contributed by atoms with E-state index in [2.05, 4.69) is 18.3 Å². The number of nitriles is 1. The Morgan fingerprint density at radius 3 is 2.86 bits per heavy atom. The van der Waals surface area contributed by atoms with Crippen LogP contribution in [0.4, 0.5) is 5.69 Å². The predicted octanol–water partition coefficient (Wildman–Crippen LogP) is 3.01. The van der Waals surface area contributed by atoms with Crippen LogP contribution in [0.25, 0.3) is 10.8 Å². The smallest absolute Gasteiger partial charge is 0.241 e. The predicted molar refractivity (Wildman–Crippen MR) is 87.3 cm³/mol. The summed E-state index contributed by atoms with van der Waals surface area (Å²) >= 11 is 0. The van der Waals surface area contributed by atoms with Gasteiger partial charge in [0.2, 0.25) is 5.91 Å². The molecule has 0 bridgehead atoms. The van der Waals surface area contributed by atoms with E-state index in [1.54, 1.807) is 0 Å². The number of nitrogens with one attached hydrogen (secondary N) is 1. The monoisotopic (exact) mass is 293 g/mol. The third-order valence-electron chi connectivity index (χ3n) is 4.21. The molecule has 3 rings (SSSR count). The second-order valence-corrected chi connectivity index (χ2v) is 6.00. The molecular formula is C18H19N3O. The van der Waals surface area contributed by atoms with Crippen molar-refractivity contribution in [2.45, 2.75) is 19.4 Å². The van der Waals surface area contributed by atoms with Gasteiger partial charge in [-0.2, -0.15) is 5.26 Å². The Morgan fingerprint density at radius 1 is 1.32 bits per heavy atom. The molecule has 1 fully saturated rings. The minimum absolute atomic E-state index is 0.0186. The summed E-state index contributed by atoms with van der Waals surface area (Å²) in [6, 6.07) is 15.9. The Bertz CT molecular complexity index is 734. The van der Waals surface area contributed by atoms with Gasteiger partial charge >= 0.3 is 0 Å². The molecule has 1 aliphatic heterocycles. The lowest BCUT2D eigenvalue weighted by molar-refractivity contribution is -0.120. The van der Waals surface area contributed by atoms with Crippen molar-refractivity contribution in [1.29, 1.82) is 5.26 Å². The van der Waals surface area contributed by atoms with E-state index in [-0.39, 0.29) is 11.9 Å². The molecular weight excluding hydrogens is 274 g/mol. The summed E-state index contributed by atoms with van der Waals surface area (Å²) in [7, 11) is 0. The highest BCUT2D eigenvalue weighted by molar-refractivity contribution is 5.97. The molecule has 4 nitrogen and oxygen atoms in total. The maximum Gasteiger partial charge on any atom is 0.241 e. The summed E-state index contributed by atoms with van der Waals surface area (Å²) in [5.74, 6) is 0.426. The van der Waals surface area contributed by atoms with Gasteiger partial charge in [-0.05, 0) is 35.2 Å². The van der Waals surface area contributed by atoms with Gasteiger partial charge in [-0.25, -0.2) is 0 Å². The highest BCUT2D eigenvalue weighted by atomic mass is 16.2. The Labute approximate surface area is 130 Å². The number of benzene rings is 2. The molecule has 0 radical (unpaired) electrons. The summed E-state index contributed by atoms with van der Waals surface area (Å²) < 4.78 is 0. The first-order valence-electron chi connectivity index (χ1n) is 7.58. The van der Waals surface area contributed by atoms with Crippen LogP contribution in [-0.4, -0.2) is 29.9 Å². The van der Waals surface area contributed by atoms with Crippen molar-refractivity contribution in [3.8, 4) is 6.07 Å². The maximum atomic E-state index is 12.5. The standard InChI is InChI=1S/C18H19N3O/c1-13-10-17(21(12-13)9-8-19)18(22)20-16-7-6-14-4-2-3-5-15(14)11-16/h2-7,11,13,17H,9-10,12H2,1H3,(H,20,22)/t13-,17-/m0/s1. The van der Waals surface area contributed by atoms with Crippen molar-refractivity contribution < 1.29 is 4.79 Å². The van der Waals surface area contributed by atoms with Crippen LogP contribution in [0.15, 0.2) is 42.5 Å². The lowest BCUT2D eigenvalue weighted by atomic mass is 10.1. The van der Waals surface area contributed by atoms with Gasteiger partial charge in [0.25, 0.3) is 0 Å². The number of hydrogen-bond acceptors (Lipinski definition) is 3. The van der Waals surface area contributed by atoms with Gasteiger partial charge < -0.3 is 5.32 Å². The molecule has 2 aromatic carbocycles. The average Bonchev–Trinajstić information content (AvgIpc) is 2.88. The van der Waals surface area contributed by atoms with E-state index >= 15 is 0 Å². The molecule has 0 aliphatic carbocycles. The van der Waals surface area contributed by atoms with E-state index in [0.717, 1.165) is 29.4 Å². The summed E-state index contributed by atoms with van der Waals surface area (Å²) in [6.07, 6.45) is 0.807. The van der Waals surface area contributed by atoms with E-state index in [0.29, 0.717) is 12.5 Å². The zero-order chi connectivity index (χ0) is 15.5. The van der Waals surface area contributed by atoms with Crippen LogP contribution >= 0.6 is 0 Å². The molecule has 1 saturated heterocycles. The van der Waals surface area contributed by atoms with Gasteiger partial charge in [-0.15, -0.1) is 0 Å². The lowest BCUT2D eigenvalue weighted by Gasteiger charge is -2.20. The molecule has 112 valence electrons. The summed E-state index contributed by atoms with van der Waals surface area (Å²) in [4.78, 5) is 14.5. The van der Waals surface area contributed by atoms with Gasteiger partial charge in [-0.1, -0.05) is 37.3 Å². The number of nitrogens with zero attached hydrogens (tertiary/aromatic N) is 2. The molecule has 1 aliphatic rings. The van der Waals surface area contributed by atoms with Crippen LogP contribution in [0, 0.1) is 17.2 Å². The van der Waals surface area contributed by atoms with Crippen LogP contribution < -0.4 is 5.32 Å². The minimum atomic E-state index is -0.207. The van der Waals surface area contributed by atoms with Gasteiger partial charge in [-0.3, -0.25) is 9.69 Å². The van der Waals surface area contributed by atoms with Crippen LogP contribution in [0.2, 0.25) is 0 Å². The van der Waals surface area contributed by atoms with Crippen LogP contribution in [0.3, 0.4) is 0 Å². The van der Waals surface area contributed by atoms with E-state index in [1.807, 2.05) is 47.4 Å². The number of anilines is 1. The van der Waals surface area contributed by atoms with Crippen molar-refractivity contribution in [3.05, 3.63) is 42.5 Å². The third-order valence-corrected chi connectivity index (χ3v) is 4.21. The van der Waals surface area contributed by atoms with Gasteiger partial charge in [0.1, 0.15) is 0 Å². The second-order valence-electron chi connectivity index (χ2n) is 6.00. The lowest BCUT2D eigenvalue weighted by Crippen LogP contribution is -2.39. The molecule has 0 saturated carbocycles. The van der Waals surface area contributed by atoms with E-state index in [1.165, 1.54) is 0 Å². The molecule has 0 aromatic heterocycles. The van der Waals surface area contributed by atoms with Gasteiger partial charge in [0.05, 0.1) is 18.7 Å². The van der Waals surface area contributed by atoms with Crippen molar-refractivity contribution in [1.82, 2.24) is 4.90 Å². The van der Waals surface area contributed by atoms with Crippen molar-refractivity contribution in [2.24, 2.45) is 5.92 Å². The topological polar surface area (TPSA) is 56.1 Å². The van der Waals surface area contributed by atoms with Crippen molar-refractivity contribution in [3.63, 3.8) is 0 Å². The Kier molecular flexibility index (Phi) is 4.08. The molecule has 2 aromatic rings. The van der Waals surface area contributed by atoms with E-state index < -0.39 is 0 Å². The summed E-state index contributed by atoms with van der Waals surface area (Å²) in [5.41, 5.74) is 0.806. The molecule has 0 unspecified atom stereocenters. The van der Waals surface area contributed by atoms with E-state index in [9.17, 15) is 4.79 Å². The normalized spacial score (nSPS) is 21.6. The van der Waals surface area contributed by atoms with Crippen molar-refractivity contribution in [2.75, 3.05) is 18.4 Å². The number of carbonyl (C=O) groups excluding carboxylic acids is 1. The Balaban J connectivity index is 1.76. The minimum Gasteiger partial charge on any atom is -0.325 e. The summed E-state index contributed by atoms with van der Waals surface area (Å²) in [6.45, 7) is 3.23. The fourth-order valence-electron chi connectivity index (χ4n) is 3.16. The molecule has 22 heavy (non-hydrogen) atoms. The zero-order valence-corrected chi connectivity index (χ0v) is 12.6. The van der Waals surface area contributed by atoms with Crippen LogP contribution in [0.5, 0.6) is 0 Å². The number of likely N-dealkylation sites (tertiary alicyclic amines) is 1. The van der Waals surface area contributed by atoms with Crippen LogP contribution in [0.1, 0.15) is 13.3 Å². The largest absolute Gasteiger partial charge is 0.325 e. The first-order chi connectivity index (χ1) is 10.7. The molecule has 4 heteroatoms. The van der Waals surface area contributed by atoms with Crippen LogP contribution in [-0.2, 0) is 4.79 Å². The molecule has 1 heterocycles. The summed E-state index contributed by atoms with van der Waals surface area (Å²) in [5, 5.41) is 14.2. The Morgan fingerprint density at radius 2 is 2.09 bits per heavy atom. The number of fused-ring (bicyclic) bond motifs is 1. The quantitative estimate of drug-likeness (QED) is 0.885. The molecule has 0 spiro atoms. The first kappa shape index (κ1) is 14.6. The first-order valence-corrected chi connectivity index (χ1v) is 7.58. The Hall–Kier alpha value is -2.38. The second kappa shape index (κ2) is 6.17. The zero-order valence-electron chi connectivity index (χ0n) is 12.6. The van der Waals surface area contributed by atoms with E-state index in [4.69, 9.17) is 5.26 Å². The SMILES string of the molecule is C[C@H]1C[C@@H](C(=O)Nc2ccc3ccccc3c2)N(CC#N)C1. The number of hydrogen-bond donors (Lipinski definition) is 1. The van der Waals surface area contributed by atoms with Gasteiger partial charge in [0, 0.05) is 12.2 Å². The number of rotatable bonds is 3. The fourth-order valence-corrected chi connectivity index (χ4v) is 3.16. The number of carbonyl (C=O) groups is 1. The molecule has 2 atom stereocenters. The molecule has 1 amide bonds. The molecule has 1 N–H and O–H groups in total. The average molecular weight is 293 g/mol. The number of amides is 1. The third kappa shape index (κ3) is 2.95. The van der Waals surface area contributed by atoms with Gasteiger partial charge in [0.15, 0.2) is 0 Å². The van der Waals surface area contributed by atoms with Crippen molar-refractivity contribution >= 4 is 22.4 Å².